The lowest BCUT2D eigenvalue weighted by atomic mass is 10.2. The van der Waals surface area contributed by atoms with Gasteiger partial charge in [0.1, 0.15) is 6.61 Å². The highest BCUT2D eigenvalue weighted by molar-refractivity contribution is 7.92. The topological polar surface area (TPSA) is 43.4 Å². The van der Waals surface area contributed by atoms with Gasteiger partial charge in [-0.15, -0.1) is 0 Å². The number of hydrogen-bond acceptors (Lipinski definition) is 3. The van der Waals surface area contributed by atoms with Gasteiger partial charge >= 0.3 is 0 Å². The van der Waals surface area contributed by atoms with Gasteiger partial charge in [-0.2, -0.15) is 0 Å². The highest BCUT2D eigenvalue weighted by Gasteiger charge is 2.28. The Balaban J connectivity index is 2.47. The molecule has 0 bridgehead atoms. The second-order valence-corrected chi connectivity index (χ2v) is 5.69. The Hall–Kier alpha value is -0.510. The monoisotopic (exact) mass is 204 g/mol. The van der Waals surface area contributed by atoms with Crippen LogP contribution in [0.1, 0.15) is 26.2 Å². The van der Waals surface area contributed by atoms with Crippen LogP contribution in [0.5, 0.6) is 0 Å². The van der Waals surface area contributed by atoms with Crippen LogP contribution in [0.15, 0.2) is 12.3 Å². The number of rotatable bonds is 3. The van der Waals surface area contributed by atoms with Crippen molar-refractivity contribution in [2.24, 2.45) is 0 Å². The lowest BCUT2D eigenvalue weighted by Crippen LogP contribution is -2.31. The average Bonchev–Trinajstić information content (AvgIpc) is 2.08. The summed E-state index contributed by atoms with van der Waals surface area (Å²) in [6.07, 6.45) is 5.87. The summed E-state index contributed by atoms with van der Waals surface area (Å²) < 4.78 is 28.0. The Morgan fingerprint density at radius 2 is 2.23 bits per heavy atom. The average molecular weight is 204 g/mol. The summed E-state index contributed by atoms with van der Waals surface area (Å²) in [6, 6.07) is 0. The summed E-state index contributed by atoms with van der Waals surface area (Å²) in [6.45, 7) is 2.15. The molecule has 0 spiro atoms. The predicted octanol–water partition coefficient (Wildman–Crippen LogP) is 1.50. The molecular weight excluding hydrogens is 188 g/mol. The third kappa shape index (κ3) is 3.03. The smallest absolute Gasteiger partial charge is 0.156 e. The quantitative estimate of drug-likeness (QED) is 0.654. The number of hydrogen-bond donors (Lipinski definition) is 0. The van der Waals surface area contributed by atoms with Gasteiger partial charge in [0.05, 0.1) is 17.3 Å². The Morgan fingerprint density at radius 3 is 2.85 bits per heavy atom. The second-order valence-electron chi connectivity index (χ2n) is 3.29. The zero-order valence-electron chi connectivity index (χ0n) is 7.90. The summed E-state index contributed by atoms with van der Waals surface area (Å²) in [5.74, 6) is 0.330. The third-order valence-corrected chi connectivity index (χ3v) is 4.47. The van der Waals surface area contributed by atoms with Crippen LogP contribution in [0.2, 0.25) is 0 Å². The molecule has 1 fully saturated rings. The van der Waals surface area contributed by atoms with E-state index in [2.05, 4.69) is 0 Å². The molecule has 0 N–H and O–H groups in total. The molecule has 0 saturated carbocycles. The number of ether oxygens (including phenoxy) is 1. The van der Waals surface area contributed by atoms with Gasteiger partial charge in [-0.1, -0.05) is 12.5 Å². The van der Waals surface area contributed by atoms with Crippen LogP contribution >= 0.6 is 0 Å². The van der Waals surface area contributed by atoms with Crippen molar-refractivity contribution in [1.29, 1.82) is 0 Å². The van der Waals surface area contributed by atoms with Gasteiger partial charge < -0.3 is 4.74 Å². The van der Waals surface area contributed by atoms with Gasteiger partial charge in [-0.05, 0) is 19.8 Å². The minimum atomic E-state index is -2.86. The van der Waals surface area contributed by atoms with Crippen LogP contribution in [-0.2, 0) is 14.6 Å². The van der Waals surface area contributed by atoms with Crippen molar-refractivity contribution in [2.45, 2.75) is 31.4 Å². The molecule has 1 saturated heterocycles. The van der Waals surface area contributed by atoms with Gasteiger partial charge in [0.25, 0.3) is 0 Å². The second kappa shape index (κ2) is 4.65. The van der Waals surface area contributed by atoms with E-state index in [9.17, 15) is 8.42 Å². The van der Waals surface area contributed by atoms with Crippen LogP contribution in [-0.4, -0.2) is 26.0 Å². The van der Waals surface area contributed by atoms with Gasteiger partial charge in [0.15, 0.2) is 9.84 Å². The Morgan fingerprint density at radius 1 is 1.46 bits per heavy atom. The van der Waals surface area contributed by atoms with Gasteiger partial charge in [-0.25, -0.2) is 8.42 Å². The minimum Gasteiger partial charge on any atom is -0.500 e. The van der Waals surface area contributed by atoms with Crippen molar-refractivity contribution in [2.75, 3.05) is 12.4 Å². The van der Waals surface area contributed by atoms with E-state index in [-0.39, 0.29) is 5.25 Å². The van der Waals surface area contributed by atoms with Crippen molar-refractivity contribution in [1.82, 2.24) is 0 Å². The lowest BCUT2D eigenvalue weighted by Gasteiger charge is -2.21. The zero-order chi connectivity index (χ0) is 9.73. The van der Waals surface area contributed by atoms with Crippen molar-refractivity contribution in [3.05, 3.63) is 12.3 Å². The highest BCUT2D eigenvalue weighted by Crippen LogP contribution is 2.19. The normalized spacial score (nSPS) is 27.6. The third-order valence-electron chi connectivity index (χ3n) is 2.23. The molecule has 0 radical (unpaired) electrons. The maximum Gasteiger partial charge on any atom is 0.156 e. The van der Waals surface area contributed by atoms with Crippen LogP contribution in [0.3, 0.4) is 0 Å². The first-order valence-electron chi connectivity index (χ1n) is 4.61. The molecule has 1 aliphatic heterocycles. The van der Waals surface area contributed by atoms with Crippen LogP contribution < -0.4 is 0 Å². The van der Waals surface area contributed by atoms with Crippen molar-refractivity contribution >= 4 is 9.84 Å². The predicted molar refractivity (Wildman–Crippen MR) is 52.2 cm³/mol. The molecule has 0 amide bonds. The van der Waals surface area contributed by atoms with E-state index in [1.807, 2.05) is 6.92 Å². The molecular formula is C9H16O3S. The Bertz CT molecular complexity index is 267. The molecule has 1 atom stereocenters. The van der Waals surface area contributed by atoms with E-state index in [0.29, 0.717) is 12.4 Å². The first-order valence-corrected chi connectivity index (χ1v) is 6.32. The molecule has 1 aliphatic rings. The molecule has 13 heavy (non-hydrogen) atoms. The first kappa shape index (κ1) is 10.6. The fourth-order valence-electron chi connectivity index (χ4n) is 1.47. The van der Waals surface area contributed by atoms with Crippen molar-refractivity contribution in [3.63, 3.8) is 0 Å². The van der Waals surface area contributed by atoms with Crippen LogP contribution in [0.4, 0.5) is 0 Å². The van der Waals surface area contributed by atoms with Crippen molar-refractivity contribution < 1.29 is 13.2 Å². The maximum atomic E-state index is 11.5. The summed E-state index contributed by atoms with van der Waals surface area (Å²) >= 11 is 0. The highest BCUT2D eigenvalue weighted by atomic mass is 32.2. The largest absolute Gasteiger partial charge is 0.500 e. The molecule has 4 heteroatoms. The molecule has 1 unspecified atom stereocenters. The van der Waals surface area contributed by atoms with E-state index in [1.165, 1.54) is 0 Å². The molecule has 0 aromatic carbocycles. The Kier molecular flexibility index (Phi) is 3.78. The van der Waals surface area contributed by atoms with E-state index in [1.54, 1.807) is 12.3 Å². The summed E-state index contributed by atoms with van der Waals surface area (Å²) in [5, 5.41) is -0.280. The fourth-order valence-corrected chi connectivity index (χ4v) is 3.22. The molecule has 0 aromatic rings. The van der Waals surface area contributed by atoms with E-state index in [0.717, 1.165) is 19.3 Å². The van der Waals surface area contributed by atoms with Crippen LogP contribution in [0, 0.1) is 0 Å². The summed E-state index contributed by atoms with van der Waals surface area (Å²) in [4.78, 5) is 0. The summed E-state index contributed by atoms with van der Waals surface area (Å²) in [5.41, 5.74) is 0. The SMILES string of the molecule is C/C=C/OCC1CCCCS1(=O)=O. The van der Waals surface area contributed by atoms with Gasteiger partial charge in [0, 0.05) is 0 Å². The zero-order valence-corrected chi connectivity index (χ0v) is 8.72. The van der Waals surface area contributed by atoms with E-state index in [4.69, 9.17) is 4.74 Å². The molecule has 76 valence electrons. The first-order chi connectivity index (χ1) is 6.17. The molecule has 0 aromatic heterocycles. The fraction of sp³-hybridized carbons (Fsp3) is 0.778. The standard InChI is InChI=1S/C9H16O3S/c1-2-6-12-8-9-5-3-4-7-13(9,10)11/h2,6,9H,3-5,7-8H2,1H3/b6-2+. The van der Waals surface area contributed by atoms with Gasteiger partial charge in [0.2, 0.25) is 0 Å². The minimum absolute atomic E-state index is 0.280. The van der Waals surface area contributed by atoms with E-state index < -0.39 is 9.84 Å². The lowest BCUT2D eigenvalue weighted by molar-refractivity contribution is 0.239. The Labute approximate surface area is 79.7 Å². The van der Waals surface area contributed by atoms with Gasteiger partial charge in [-0.3, -0.25) is 0 Å². The van der Waals surface area contributed by atoms with Crippen molar-refractivity contribution in [3.8, 4) is 0 Å². The molecule has 0 aliphatic carbocycles. The molecule has 1 heterocycles. The van der Waals surface area contributed by atoms with Crippen LogP contribution in [0.25, 0.3) is 0 Å². The molecule has 1 rings (SSSR count). The molecule has 3 nitrogen and oxygen atoms in total. The summed E-state index contributed by atoms with van der Waals surface area (Å²) in [7, 11) is -2.86. The number of allylic oxidation sites excluding steroid dienone is 1. The van der Waals surface area contributed by atoms with E-state index >= 15 is 0 Å². The maximum absolute atomic E-state index is 11.5. The number of sulfone groups is 1.